The number of amides is 2. The zero-order valence-corrected chi connectivity index (χ0v) is 12.3. The first-order valence-electron chi connectivity index (χ1n) is 6.45. The Balaban J connectivity index is 1.74. The largest absolute Gasteiger partial charge is 0.475 e. The Hall–Kier alpha value is -1.96. The summed E-state index contributed by atoms with van der Waals surface area (Å²) >= 11 is 1.10. The minimum absolute atomic E-state index is 0.0222. The molecule has 1 heterocycles. The lowest BCUT2D eigenvalue weighted by molar-refractivity contribution is -0.132. The maximum atomic E-state index is 11.9. The number of carbonyl (C=O) groups is 3. The quantitative estimate of drug-likeness (QED) is 0.723. The first-order valence-corrected chi connectivity index (χ1v) is 7.43. The van der Waals surface area contributed by atoms with Gasteiger partial charge >= 0.3 is 5.97 Å². The number of likely N-dealkylation sites (N-methyl/N-ethyl adjacent to an activating group) is 1. The molecule has 21 heavy (non-hydrogen) atoms. The molecule has 0 saturated heterocycles. The molecule has 7 nitrogen and oxygen atoms in total. The zero-order chi connectivity index (χ0) is 15.4. The van der Waals surface area contributed by atoms with Gasteiger partial charge in [-0.2, -0.15) is 0 Å². The Labute approximate surface area is 125 Å². The summed E-state index contributed by atoms with van der Waals surface area (Å²) < 4.78 is 5.03. The molecule has 0 radical (unpaired) electrons. The minimum atomic E-state index is -1.15. The number of thioether (sulfide) groups is 1. The lowest BCUT2D eigenvalue weighted by atomic mass is 10.4. The summed E-state index contributed by atoms with van der Waals surface area (Å²) in [6.07, 6.45) is 2.01. The van der Waals surface area contributed by atoms with Crippen molar-refractivity contribution in [3.8, 4) is 0 Å². The zero-order valence-electron chi connectivity index (χ0n) is 11.5. The number of aromatic carboxylic acids is 1. The number of nitrogens with one attached hydrogen (secondary N) is 1. The van der Waals surface area contributed by atoms with Crippen LogP contribution in [-0.4, -0.2) is 53.2 Å². The summed E-state index contributed by atoms with van der Waals surface area (Å²) in [5, 5.41) is 11.9. The molecule has 2 N–H and O–H groups in total. The SMILES string of the molecule is CN(CC(=O)NC1CC1)C(=O)CSc1ccc(C(=O)O)o1. The fraction of sp³-hybridized carbons (Fsp3) is 0.462. The van der Waals surface area contributed by atoms with Gasteiger partial charge in [-0.3, -0.25) is 9.59 Å². The van der Waals surface area contributed by atoms with Crippen LogP contribution in [0.25, 0.3) is 0 Å². The second-order valence-electron chi connectivity index (χ2n) is 4.80. The highest BCUT2D eigenvalue weighted by atomic mass is 32.2. The van der Waals surface area contributed by atoms with E-state index < -0.39 is 5.97 Å². The van der Waals surface area contributed by atoms with Crippen molar-refractivity contribution >= 4 is 29.5 Å². The standard InChI is InChI=1S/C13H16N2O5S/c1-15(6-10(16)14-8-2-3-8)11(17)7-21-12-5-4-9(20-12)13(18)19/h4-5,8H,2-3,6-7H2,1H3,(H,14,16)(H,18,19). The van der Waals surface area contributed by atoms with Crippen LogP contribution >= 0.6 is 11.8 Å². The van der Waals surface area contributed by atoms with E-state index >= 15 is 0 Å². The Morgan fingerprint density at radius 1 is 1.43 bits per heavy atom. The van der Waals surface area contributed by atoms with Gasteiger partial charge in [0.1, 0.15) is 0 Å². The molecule has 114 valence electrons. The van der Waals surface area contributed by atoms with Gasteiger partial charge in [-0.15, -0.1) is 0 Å². The van der Waals surface area contributed by atoms with Gasteiger partial charge in [0.25, 0.3) is 0 Å². The van der Waals surface area contributed by atoms with Gasteiger partial charge in [0.2, 0.25) is 17.6 Å². The average molecular weight is 312 g/mol. The molecule has 0 unspecified atom stereocenters. The molecular formula is C13H16N2O5S. The predicted octanol–water partition coefficient (Wildman–Crippen LogP) is 0.807. The Morgan fingerprint density at radius 3 is 2.71 bits per heavy atom. The highest BCUT2D eigenvalue weighted by molar-refractivity contribution is 7.99. The number of nitrogens with zero attached hydrogens (tertiary/aromatic N) is 1. The molecule has 0 spiro atoms. The van der Waals surface area contributed by atoms with Crippen LogP contribution in [0.2, 0.25) is 0 Å². The van der Waals surface area contributed by atoms with Crippen LogP contribution in [0.5, 0.6) is 0 Å². The van der Waals surface area contributed by atoms with Crippen molar-refractivity contribution in [1.82, 2.24) is 10.2 Å². The van der Waals surface area contributed by atoms with E-state index in [2.05, 4.69) is 5.32 Å². The van der Waals surface area contributed by atoms with Crippen molar-refractivity contribution in [3.63, 3.8) is 0 Å². The molecule has 1 aromatic heterocycles. The molecule has 1 fully saturated rings. The summed E-state index contributed by atoms with van der Waals surface area (Å²) in [5.41, 5.74) is 0. The monoisotopic (exact) mass is 312 g/mol. The van der Waals surface area contributed by atoms with E-state index in [0.29, 0.717) is 5.09 Å². The molecule has 2 rings (SSSR count). The Bertz CT molecular complexity index is 553. The van der Waals surface area contributed by atoms with Crippen LogP contribution in [0.15, 0.2) is 21.6 Å². The summed E-state index contributed by atoms with van der Waals surface area (Å²) in [6.45, 7) is 0.0222. The maximum Gasteiger partial charge on any atom is 0.371 e. The van der Waals surface area contributed by atoms with Crippen molar-refractivity contribution in [2.45, 2.75) is 24.0 Å². The third-order valence-corrected chi connectivity index (χ3v) is 3.77. The molecule has 0 aliphatic heterocycles. The minimum Gasteiger partial charge on any atom is -0.475 e. The number of carboxylic acids is 1. The van der Waals surface area contributed by atoms with Crippen molar-refractivity contribution in [1.29, 1.82) is 0 Å². The third kappa shape index (κ3) is 4.82. The molecule has 1 aromatic rings. The van der Waals surface area contributed by atoms with Crippen molar-refractivity contribution in [2.24, 2.45) is 0 Å². The summed E-state index contributed by atoms with van der Waals surface area (Å²) in [4.78, 5) is 35.4. The fourth-order valence-electron chi connectivity index (χ4n) is 1.56. The van der Waals surface area contributed by atoms with Gasteiger partial charge in [0.15, 0.2) is 5.09 Å². The van der Waals surface area contributed by atoms with Crippen LogP contribution in [0, 0.1) is 0 Å². The molecular weight excluding hydrogens is 296 g/mol. The second kappa shape index (κ2) is 6.66. The van der Waals surface area contributed by atoms with Crippen LogP contribution in [0.3, 0.4) is 0 Å². The summed E-state index contributed by atoms with van der Waals surface area (Å²) in [7, 11) is 1.56. The van der Waals surface area contributed by atoms with Gasteiger partial charge in [-0.05, 0) is 25.0 Å². The lowest BCUT2D eigenvalue weighted by Crippen LogP contribution is -2.39. The first-order chi connectivity index (χ1) is 9.95. The average Bonchev–Trinajstić information content (AvgIpc) is 3.09. The van der Waals surface area contributed by atoms with Crippen LogP contribution in [0.1, 0.15) is 23.4 Å². The number of carbonyl (C=O) groups excluding carboxylic acids is 2. The van der Waals surface area contributed by atoms with Crippen LogP contribution in [0.4, 0.5) is 0 Å². The van der Waals surface area contributed by atoms with E-state index in [1.54, 1.807) is 7.05 Å². The molecule has 1 aliphatic rings. The smallest absolute Gasteiger partial charge is 0.371 e. The van der Waals surface area contributed by atoms with Gasteiger partial charge in [0.05, 0.1) is 12.3 Å². The Morgan fingerprint density at radius 2 is 2.14 bits per heavy atom. The van der Waals surface area contributed by atoms with Crippen LogP contribution in [-0.2, 0) is 9.59 Å². The van der Waals surface area contributed by atoms with Gasteiger partial charge in [0, 0.05) is 13.1 Å². The fourth-order valence-corrected chi connectivity index (χ4v) is 2.36. The molecule has 8 heteroatoms. The molecule has 1 saturated carbocycles. The number of furan rings is 1. The Kier molecular flexibility index (Phi) is 4.89. The molecule has 0 atom stereocenters. The molecule has 0 bridgehead atoms. The normalized spacial score (nSPS) is 13.8. The number of carboxylic acid groups (broad SMARTS) is 1. The van der Waals surface area contributed by atoms with E-state index in [4.69, 9.17) is 9.52 Å². The number of rotatable bonds is 7. The van der Waals surface area contributed by atoms with Crippen molar-refractivity contribution in [3.05, 3.63) is 17.9 Å². The van der Waals surface area contributed by atoms with E-state index in [1.807, 2.05) is 0 Å². The molecule has 0 aromatic carbocycles. The van der Waals surface area contributed by atoms with Gasteiger partial charge in [-0.25, -0.2) is 4.79 Å². The summed E-state index contributed by atoms with van der Waals surface area (Å²) in [5.74, 6) is -1.62. The van der Waals surface area contributed by atoms with Gasteiger partial charge < -0.3 is 19.7 Å². The third-order valence-electron chi connectivity index (χ3n) is 2.88. The number of hydrogen-bond acceptors (Lipinski definition) is 5. The lowest BCUT2D eigenvalue weighted by Gasteiger charge is -2.16. The van der Waals surface area contributed by atoms with E-state index in [9.17, 15) is 14.4 Å². The number of hydrogen-bond donors (Lipinski definition) is 2. The van der Waals surface area contributed by atoms with Gasteiger partial charge in [-0.1, -0.05) is 11.8 Å². The highest BCUT2D eigenvalue weighted by Crippen LogP contribution is 2.21. The van der Waals surface area contributed by atoms with Crippen LogP contribution < -0.4 is 5.32 Å². The first kappa shape index (κ1) is 15.4. The van der Waals surface area contributed by atoms with E-state index in [1.165, 1.54) is 17.0 Å². The van der Waals surface area contributed by atoms with E-state index in [-0.39, 0.29) is 35.9 Å². The van der Waals surface area contributed by atoms with Crippen molar-refractivity contribution in [2.75, 3.05) is 19.3 Å². The maximum absolute atomic E-state index is 11.9. The highest BCUT2D eigenvalue weighted by Gasteiger charge is 2.24. The second-order valence-corrected chi connectivity index (χ2v) is 5.78. The molecule has 2 amide bonds. The molecule has 1 aliphatic carbocycles. The summed E-state index contributed by atoms with van der Waals surface area (Å²) in [6, 6.07) is 3.11. The topological polar surface area (TPSA) is 99.9 Å². The predicted molar refractivity (Wildman–Crippen MR) is 75.2 cm³/mol. The van der Waals surface area contributed by atoms with E-state index in [0.717, 1.165) is 24.6 Å². The van der Waals surface area contributed by atoms with Crippen molar-refractivity contribution < 1.29 is 23.9 Å².